The number of ether oxygens (including phenoxy) is 4. The van der Waals surface area contributed by atoms with Crippen molar-refractivity contribution >= 4 is 56.9 Å². The minimum Gasteiger partial charge on any atom is -0.467 e. The van der Waals surface area contributed by atoms with Crippen molar-refractivity contribution in [1.82, 2.24) is 4.90 Å². The van der Waals surface area contributed by atoms with Gasteiger partial charge in [-0.05, 0) is 70.0 Å². The van der Waals surface area contributed by atoms with Gasteiger partial charge < -0.3 is 33.8 Å². The summed E-state index contributed by atoms with van der Waals surface area (Å²) in [6.07, 6.45) is 4.01. The molecule has 1 fully saturated rings. The van der Waals surface area contributed by atoms with Crippen molar-refractivity contribution in [2.75, 3.05) is 25.3 Å². The first-order valence-electron chi connectivity index (χ1n) is 16.6. The number of aliphatic hydroxyl groups is 1. The first kappa shape index (κ1) is 40.9. The van der Waals surface area contributed by atoms with E-state index < -0.39 is 57.1 Å². The molecule has 0 aliphatic carbocycles. The quantitative estimate of drug-likeness (QED) is 0.0831. The SMILES string of the molecule is CC1N(C(=O)OCOC(=O)CCCCCCCOC(=O)c2cc(S(N)(=O)=O)c(Cl)cc2NCc2ccco2)C(C)(C)COC1(O)c1cccc(Cl)c1. The Morgan fingerprint density at radius 2 is 1.75 bits per heavy atom. The van der Waals surface area contributed by atoms with Crippen molar-refractivity contribution in [2.24, 2.45) is 5.14 Å². The standard InChI is InChI=1S/C35H43Cl2N3O11S/c1-23-35(44,24-11-9-12-25(36)17-24)51-21-34(2,3)40(23)33(43)50-22-49-31(41)14-7-5-4-6-8-15-48-32(42)27-18-30(52(38,45)46)28(37)19-29(27)39-20-26-13-10-16-47-26/h9-13,16-19,23,39,44H,4-8,14-15,20-22H2,1-3H3,(H2,38,45,46). The Morgan fingerprint density at radius 3 is 2.44 bits per heavy atom. The van der Waals surface area contributed by atoms with E-state index in [9.17, 15) is 27.9 Å². The van der Waals surface area contributed by atoms with E-state index in [0.29, 0.717) is 42.0 Å². The number of anilines is 1. The van der Waals surface area contributed by atoms with Crippen LogP contribution in [-0.4, -0.2) is 68.0 Å². The number of nitrogens with zero attached hydrogens (tertiary/aromatic N) is 1. The van der Waals surface area contributed by atoms with E-state index in [4.69, 9.17) is 51.7 Å². The number of furan rings is 1. The highest BCUT2D eigenvalue weighted by Crippen LogP contribution is 2.40. The lowest BCUT2D eigenvalue weighted by Gasteiger charge is -2.52. The Bertz CT molecular complexity index is 1820. The zero-order valence-corrected chi connectivity index (χ0v) is 31.4. The van der Waals surface area contributed by atoms with E-state index in [1.165, 1.54) is 17.2 Å². The van der Waals surface area contributed by atoms with Gasteiger partial charge >= 0.3 is 18.0 Å². The van der Waals surface area contributed by atoms with Crippen LogP contribution in [0, 0.1) is 0 Å². The maximum Gasteiger partial charge on any atom is 0.413 e. The number of rotatable bonds is 16. The molecule has 1 aliphatic rings. The van der Waals surface area contributed by atoms with Gasteiger partial charge in [0.2, 0.25) is 22.6 Å². The third kappa shape index (κ3) is 10.6. The van der Waals surface area contributed by atoms with Crippen LogP contribution in [0.2, 0.25) is 10.0 Å². The summed E-state index contributed by atoms with van der Waals surface area (Å²) < 4.78 is 50.9. The average Bonchev–Trinajstić information content (AvgIpc) is 3.60. The summed E-state index contributed by atoms with van der Waals surface area (Å²) in [5, 5.41) is 19.9. The molecule has 2 heterocycles. The molecule has 1 amide bonds. The molecule has 1 saturated heterocycles. The summed E-state index contributed by atoms with van der Waals surface area (Å²) in [4.78, 5) is 39.3. The van der Waals surface area contributed by atoms with Crippen molar-refractivity contribution in [1.29, 1.82) is 0 Å². The maximum atomic E-state index is 13.1. The molecule has 284 valence electrons. The molecule has 14 nitrogen and oxygen atoms in total. The monoisotopic (exact) mass is 783 g/mol. The number of amides is 1. The molecule has 2 unspecified atom stereocenters. The smallest absolute Gasteiger partial charge is 0.413 e. The van der Waals surface area contributed by atoms with Gasteiger partial charge in [-0.2, -0.15) is 0 Å². The first-order chi connectivity index (χ1) is 24.5. The number of sulfonamides is 1. The van der Waals surface area contributed by atoms with Crippen LogP contribution in [0.3, 0.4) is 0 Å². The van der Waals surface area contributed by atoms with Gasteiger partial charge in [-0.1, -0.05) is 54.6 Å². The van der Waals surface area contributed by atoms with Gasteiger partial charge in [0.15, 0.2) is 0 Å². The van der Waals surface area contributed by atoms with Crippen LogP contribution in [0.15, 0.2) is 64.1 Å². The third-order valence-corrected chi connectivity index (χ3v) is 10.1. The number of benzene rings is 2. The molecule has 0 bridgehead atoms. The van der Waals surface area contributed by atoms with Gasteiger partial charge in [0.1, 0.15) is 10.7 Å². The van der Waals surface area contributed by atoms with Crippen LogP contribution in [-0.2, 0) is 46.1 Å². The molecular weight excluding hydrogens is 741 g/mol. The fraction of sp³-hybridized carbons (Fsp3) is 0.457. The molecule has 4 rings (SSSR count). The molecule has 0 radical (unpaired) electrons. The molecule has 2 atom stereocenters. The molecule has 0 spiro atoms. The Morgan fingerprint density at radius 1 is 1.02 bits per heavy atom. The second-order valence-corrected chi connectivity index (χ2v) is 15.2. The number of primary sulfonamides is 1. The van der Waals surface area contributed by atoms with Crippen molar-refractivity contribution in [3.05, 3.63) is 81.7 Å². The fourth-order valence-electron chi connectivity index (χ4n) is 5.73. The number of halogens is 2. The Kier molecular flexibility index (Phi) is 14.0. The molecule has 4 N–H and O–H groups in total. The number of carbonyl (C=O) groups is 3. The minimum atomic E-state index is -4.20. The van der Waals surface area contributed by atoms with Gasteiger partial charge in [-0.3, -0.25) is 9.69 Å². The second-order valence-electron chi connectivity index (χ2n) is 12.9. The highest BCUT2D eigenvalue weighted by atomic mass is 35.5. The lowest BCUT2D eigenvalue weighted by molar-refractivity contribution is -0.295. The number of morpholine rings is 1. The van der Waals surface area contributed by atoms with Crippen LogP contribution < -0.4 is 10.5 Å². The Labute approximate surface area is 312 Å². The van der Waals surface area contributed by atoms with E-state index in [1.54, 1.807) is 57.2 Å². The molecule has 52 heavy (non-hydrogen) atoms. The van der Waals surface area contributed by atoms with Gasteiger partial charge in [-0.25, -0.2) is 23.1 Å². The first-order valence-corrected chi connectivity index (χ1v) is 18.9. The second kappa shape index (κ2) is 17.8. The topological polar surface area (TPSA) is 197 Å². The predicted molar refractivity (Wildman–Crippen MR) is 191 cm³/mol. The number of nitrogens with one attached hydrogen (secondary N) is 1. The normalized spacial score (nSPS) is 18.4. The van der Waals surface area contributed by atoms with Gasteiger partial charge in [0, 0.05) is 17.0 Å². The van der Waals surface area contributed by atoms with Crippen LogP contribution in [0.5, 0.6) is 0 Å². The summed E-state index contributed by atoms with van der Waals surface area (Å²) >= 11 is 12.2. The molecule has 0 saturated carbocycles. The van der Waals surface area contributed by atoms with E-state index in [1.807, 2.05) is 0 Å². The molecule has 3 aromatic rings. The van der Waals surface area contributed by atoms with Crippen LogP contribution in [0.1, 0.15) is 81.0 Å². The lowest BCUT2D eigenvalue weighted by Crippen LogP contribution is -2.66. The molecular formula is C35H43Cl2N3O11S. The molecule has 17 heteroatoms. The fourth-order valence-corrected chi connectivity index (χ4v) is 7.02. The van der Waals surface area contributed by atoms with E-state index >= 15 is 0 Å². The number of unbranched alkanes of at least 4 members (excludes halogenated alkanes) is 4. The largest absolute Gasteiger partial charge is 0.467 e. The Balaban J connectivity index is 1.15. The summed E-state index contributed by atoms with van der Waals surface area (Å²) in [6.45, 7) is 4.86. The average molecular weight is 785 g/mol. The predicted octanol–water partition coefficient (Wildman–Crippen LogP) is 6.33. The number of hydrogen-bond acceptors (Lipinski definition) is 12. The van der Waals surface area contributed by atoms with E-state index in [0.717, 1.165) is 12.5 Å². The zero-order chi connectivity index (χ0) is 38.1. The van der Waals surface area contributed by atoms with Crippen LogP contribution >= 0.6 is 23.2 Å². The van der Waals surface area contributed by atoms with Gasteiger partial charge in [0.05, 0.1) is 53.9 Å². The zero-order valence-electron chi connectivity index (χ0n) is 29.1. The van der Waals surface area contributed by atoms with Crippen molar-refractivity contribution in [2.45, 2.75) is 88.1 Å². The minimum absolute atomic E-state index is 0.00757. The van der Waals surface area contributed by atoms with Crippen molar-refractivity contribution in [3.63, 3.8) is 0 Å². The summed E-state index contributed by atoms with van der Waals surface area (Å²) in [6, 6.07) is 11.5. The molecule has 2 aromatic carbocycles. The van der Waals surface area contributed by atoms with E-state index in [2.05, 4.69) is 5.32 Å². The van der Waals surface area contributed by atoms with Crippen LogP contribution in [0.25, 0.3) is 0 Å². The highest BCUT2D eigenvalue weighted by molar-refractivity contribution is 7.89. The number of esters is 2. The molecule has 1 aliphatic heterocycles. The van der Waals surface area contributed by atoms with Gasteiger partial charge in [-0.15, -0.1) is 0 Å². The Hall–Kier alpha value is -3.86. The van der Waals surface area contributed by atoms with Crippen molar-refractivity contribution < 1.29 is 51.3 Å². The third-order valence-electron chi connectivity index (χ3n) is 8.48. The lowest BCUT2D eigenvalue weighted by atomic mass is 9.90. The van der Waals surface area contributed by atoms with Crippen molar-refractivity contribution in [3.8, 4) is 0 Å². The highest BCUT2D eigenvalue weighted by Gasteiger charge is 2.53. The van der Waals surface area contributed by atoms with Gasteiger partial charge in [0.25, 0.3) is 0 Å². The number of nitrogens with two attached hydrogens (primary N) is 1. The molecule has 1 aromatic heterocycles. The maximum absolute atomic E-state index is 13.1. The summed E-state index contributed by atoms with van der Waals surface area (Å²) in [7, 11) is -4.20. The van der Waals surface area contributed by atoms with Crippen LogP contribution in [0.4, 0.5) is 10.5 Å². The summed E-state index contributed by atoms with van der Waals surface area (Å²) in [5.41, 5.74) is -0.249. The van der Waals surface area contributed by atoms with E-state index in [-0.39, 0.29) is 42.5 Å². The number of carbonyl (C=O) groups excluding carboxylic acids is 3. The summed E-state index contributed by atoms with van der Waals surface area (Å²) in [5.74, 6) is -2.55. The number of hydrogen-bond donors (Lipinski definition) is 3.